The van der Waals surface area contributed by atoms with Gasteiger partial charge in [-0.15, -0.1) is 13.2 Å². The van der Waals surface area contributed by atoms with Gasteiger partial charge in [0.25, 0.3) is 0 Å². The Bertz CT molecular complexity index is 1260. The highest BCUT2D eigenvalue weighted by Crippen LogP contribution is 2.28. The number of nitro groups is 1. The van der Waals surface area contributed by atoms with E-state index in [0.717, 1.165) is 31.7 Å². The van der Waals surface area contributed by atoms with Crippen molar-refractivity contribution in [1.29, 1.82) is 0 Å². The third kappa shape index (κ3) is 7.00. The number of alkyl halides is 3. The van der Waals surface area contributed by atoms with E-state index >= 15 is 0 Å². The molecule has 5 rings (SSSR count). The summed E-state index contributed by atoms with van der Waals surface area (Å²) in [6.45, 7) is 2.91. The predicted molar refractivity (Wildman–Crippen MR) is 131 cm³/mol. The summed E-state index contributed by atoms with van der Waals surface area (Å²) in [5.41, 5.74) is 0. The normalized spacial score (nSPS) is 17.7. The lowest BCUT2D eigenvalue weighted by molar-refractivity contribution is -0.389. The summed E-state index contributed by atoms with van der Waals surface area (Å²) >= 11 is 0. The van der Waals surface area contributed by atoms with Crippen LogP contribution in [-0.2, 0) is 6.54 Å². The first-order chi connectivity index (χ1) is 18.7. The minimum Gasteiger partial charge on any atom is -0.493 e. The van der Waals surface area contributed by atoms with Crippen LogP contribution in [0, 0.1) is 16.0 Å². The minimum absolute atomic E-state index is 0.220. The van der Waals surface area contributed by atoms with E-state index in [-0.39, 0.29) is 30.3 Å². The van der Waals surface area contributed by atoms with E-state index in [9.17, 15) is 23.3 Å². The van der Waals surface area contributed by atoms with E-state index in [1.807, 2.05) is 12.1 Å². The average molecular weight is 550 g/mol. The molecule has 39 heavy (non-hydrogen) atoms. The molecule has 0 N–H and O–H groups in total. The van der Waals surface area contributed by atoms with Crippen molar-refractivity contribution in [1.82, 2.24) is 14.5 Å². The molecule has 2 aromatic heterocycles. The summed E-state index contributed by atoms with van der Waals surface area (Å²) in [6, 6.07) is 9.35. The second kappa shape index (κ2) is 11.3. The Kier molecular flexibility index (Phi) is 7.61. The molecule has 0 radical (unpaired) electrons. The molecule has 1 saturated heterocycles. The monoisotopic (exact) mass is 549 g/mol. The quantitative estimate of drug-likeness (QED) is 0.279. The number of piperidine rings is 1. The van der Waals surface area contributed by atoms with Crippen molar-refractivity contribution in [3.8, 4) is 23.3 Å². The van der Waals surface area contributed by atoms with Crippen LogP contribution in [-0.4, -0.2) is 58.2 Å². The van der Waals surface area contributed by atoms with Crippen molar-refractivity contribution in [3.05, 3.63) is 58.9 Å². The Balaban J connectivity index is 1.03. The second-order valence-electron chi connectivity index (χ2n) is 9.28. The van der Waals surface area contributed by atoms with Crippen LogP contribution in [0.25, 0.3) is 0 Å². The van der Waals surface area contributed by atoms with Crippen LogP contribution < -0.4 is 23.8 Å². The molecule has 2 aliphatic rings. The van der Waals surface area contributed by atoms with Crippen molar-refractivity contribution >= 4 is 11.6 Å². The summed E-state index contributed by atoms with van der Waals surface area (Å²) < 4.78 is 59.6. The van der Waals surface area contributed by atoms with Crippen molar-refractivity contribution in [3.63, 3.8) is 0 Å². The predicted octanol–water partition coefficient (Wildman–Crippen LogP) is 4.61. The van der Waals surface area contributed by atoms with Gasteiger partial charge in [-0.3, -0.25) is 4.57 Å². The highest BCUT2D eigenvalue weighted by atomic mass is 19.4. The summed E-state index contributed by atoms with van der Waals surface area (Å²) in [6.07, 6.45) is 0.456. The molecule has 1 fully saturated rings. The van der Waals surface area contributed by atoms with Gasteiger partial charge in [-0.2, -0.15) is 0 Å². The van der Waals surface area contributed by atoms with Gasteiger partial charge < -0.3 is 34.0 Å². The van der Waals surface area contributed by atoms with Crippen LogP contribution >= 0.6 is 0 Å². The first-order valence-corrected chi connectivity index (χ1v) is 12.4. The zero-order valence-corrected chi connectivity index (χ0v) is 20.7. The number of ether oxygens (including phenoxy) is 4. The second-order valence-corrected chi connectivity index (χ2v) is 9.28. The molecule has 14 heteroatoms. The van der Waals surface area contributed by atoms with Crippen LogP contribution in [0.4, 0.5) is 24.8 Å². The van der Waals surface area contributed by atoms with Gasteiger partial charge in [0.2, 0.25) is 0 Å². The number of fused-ring (bicyclic) bond motifs is 1. The molecule has 0 bridgehead atoms. The van der Waals surface area contributed by atoms with E-state index < -0.39 is 11.3 Å². The summed E-state index contributed by atoms with van der Waals surface area (Å²) in [5, 5.41) is 10.9. The van der Waals surface area contributed by atoms with Gasteiger partial charge >= 0.3 is 18.2 Å². The number of halogens is 3. The fraction of sp³-hybridized carbons (Fsp3) is 0.440. The molecule has 2 aliphatic heterocycles. The molecule has 1 atom stereocenters. The molecule has 0 unspecified atom stereocenters. The number of nitrogens with zero attached hydrogens (tertiary/aromatic N) is 5. The molecule has 0 spiro atoms. The van der Waals surface area contributed by atoms with E-state index in [2.05, 4.69) is 19.6 Å². The van der Waals surface area contributed by atoms with Crippen LogP contribution in [0.15, 0.2) is 48.8 Å². The summed E-state index contributed by atoms with van der Waals surface area (Å²) in [4.78, 5) is 20.9. The smallest absolute Gasteiger partial charge is 0.493 e. The highest BCUT2D eigenvalue weighted by molar-refractivity contribution is 5.41. The lowest BCUT2D eigenvalue weighted by Crippen LogP contribution is -2.36. The Hall–Kier alpha value is -4.23. The number of rotatable bonds is 9. The molecule has 0 aliphatic carbocycles. The van der Waals surface area contributed by atoms with Crippen molar-refractivity contribution in [2.45, 2.75) is 38.3 Å². The maximum absolute atomic E-state index is 12.3. The average Bonchev–Trinajstić information content (AvgIpc) is 3.35. The molecule has 0 saturated carbocycles. The SMILES string of the molecule is O=[N+]([O-])c1cn2c(n1)O[C@@H](COc1ccc(N3CCC(COc4ccc(OC(F)(F)F)cc4)CC3)nc1)CC2. The van der Waals surface area contributed by atoms with Gasteiger partial charge in [-0.25, -0.2) is 4.98 Å². The molecular weight excluding hydrogens is 523 g/mol. The fourth-order valence-corrected chi connectivity index (χ4v) is 4.45. The Labute approximate surface area is 221 Å². The number of hydrogen-bond acceptors (Lipinski definition) is 9. The topological polar surface area (TPSA) is 114 Å². The standard InChI is InChI=1S/C25H26F3N5O6/c26-25(27,28)39-19-3-1-18(2-4-19)36-15-17-7-10-31(11-8-17)22-6-5-20(13-29-22)37-16-21-9-12-32-14-23(33(34)35)30-24(32)38-21/h1-6,13-14,17,21H,7-12,15-16H2/t21-/m1/s1. The Morgan fingerprint density at radius 3 is 2.33 bits per heavy atom. The largest absolute Gasteiger partial charge is 0.573 e. The maximum atomic E-state index is 12.3. The third-order valence-corrected chi connectivity index (χ3v) is 6.52. The van der Waals surface area contributed by atoms with Crippen LogP contribution in [0.1, 0.15) is 19.3 Å². The summed E-state index contributed by atoms with van der Waals surface area (Å²) in [5.74, 6) is 1.73. The van der Waals surface area contributed by atoms with E-state index in [0.29, 0.717) is 37.0 Å². The molecule has 3 aromatic rings. The molecule has 4 heterocycles. The Morgan fingerprint density at radius 2 is 1.67 bits per heavy atom. The Morgan fingerprint density at radius 1 is 0.974 bits per heavy atom. The molecule has 0 amide bonds. The van der Waals surface area contributed by atoms with Gasteiger partial charge in [0.15, 0.2) is 0 Å². The first kappa shape index (κ1) is 26.4. The number of pyridine rings is 1. The molecular formula is C25H26F3N5O6. The lowest BCUT2D eigenvalue weighted by atomic mass is 9.98. The first-order valence-electron chi connectivity index (χ1n) is 12.4. The highest BCUT2D eigenvalue weighted by Gasteiger charge is 2.31. The van der Waals surface area contributed by atoms with E-state index in [1.165, 1.54) is 30.5 Å². The number of anilines is 1. The van der Waals surface area contributed by atoms with Gasteiger partial charge in [0.1, 0.15) is 42.0 Å². The fourth-order valence-electron chi connectivity index (χ4n) is 4.45. The van der Waals surface area contributed by atoms with Gasteiger partial charge in [0, 0.05) is 31.0 Å². The number of hydrogen-bond donors (Lipinski definition) is 0. The molecule has 11 nitrogen and oxygen atoms in total. The van der Waals surface area contributed by atoms with Crippen molar-refractivity contribution in [2.75, 3.05) is 31.2 Å². The summed E-state index contributed by atoms with van der Waals surface area (Å²) in [7, 11) is 0. The van der Waals surface area contributed by atoms with Crippen LogP contribution in [0.2, 0.25) is 0 Å². The number of aryl methyl sites for hydroxylation is 1. The maximum Gasteiger partial charge on any atom is 0.573 e. The van der Waals surface area contributed by atoms with Crippen LogP contribution in [0.5, 0.6) is 23.3 Å². The lowest BCUT2D eigenvalue weighted by Gasteiger charge is -2.32. The molecule has 1 aromatic carbocycles. The number of benzene rings is 1. The number of imidazole rings is 1. The third-order valence-electron chi connectivity index (χ3n) is 6.52. The van der Waals surface area contributed by atoms with E-state index in [1.54, 1.807) is 10.8 Å². The molecule has 208 valence electrons. The zero-order valence-electron chi connectivity index (χ0n) is 20.7. The van der Waals surface area contributed by atoms with Crippen LogP contribution in [0.3, 0.4) is 0 Å². The van der Waals surface area contributed by atoms with E-state index in [4.69, 9.17) is 14.2 Å². The van der Waals surface area contributed by atoms with Crippen molar-refractivity contribution < 1.29 is 37.0 Å². The zero-order chi connectivity index (χ0) is 27.4. The van der Waals surface area contributed by atoms with Crippen molar-refractivity contribution in [2.24, 2.45) is 5.92 Å². The minimum atomic E-state index is -4.72. The van der Waals surface area contributed by atoms with Gasteiger partial charge in [-0.1, -0.05) is 0 Å². The van der Waals surface area contributed by atoms with Gasteiger partial charge in [-0.05, 0) is 60.1 Å². The number of aromatic nitrogens is 3. The van der Waals surface area contributed by atoms with Gasteiger partial charge in [0.05, 0.1) is 12.8 Å².